The number of hydrogen-bond acceptors (Lipinski definition) is 4. The molecule has 0 radical (unpaired) electrons. The number of carbonyl (C=O) groups excluding carboxylic acids is 1. The maximum atomic E-state index is 10.8. The average molecular weight is 223 g/mol. The lowest BCUT2D eigenvalue weighted by Gasteiger charge is -2.19. The Balaban J connectivity index is 3.06. The predicted molar refractivity (Wildman–Crippen MR) is 60.3 cm³/mol. The molecular weight excluding hydrogens is 210 g/mol. The molecule has 1 aromatic rings. The molecule has 16 heavy (non-hydrogen) atoms. The molecule has 86 valence electrons. The van der Waals surface area contributed by atoms with Crippen molar-refractivity contribution in [3.05, 3.63) is 23.8 Å². The number of primary amides is 1. The Morgan fingerprint density at radius 3 is 2.56 bits per heavy atom. The molecule has 0 aliphatic rings. The summed E-state index contributed by atoms with van der Waals surface area (Å²) in [5.74, 6) is -1.56. The lowest BCUT2D eigenvalue weighted by Crippen LogP contribution is -2.31. The van der Waals surface area contributed by atoms with Gasteiger partial charge in [-0.05, 0) is 18.2 Å². The first-order valence-electron chi connectivity index (χ1n) is 4.54. The summed E-state index contributed by atoms with van der Waals surface area (Å²) in [5, 5.41) is 8.81. The Labute approximate surface area is 92.4 Å². The first-order chi connectivity index (χ1) is 7.41. The van der Waals surface area contributed by atoms with E-state index < -0.39 is 11.9 Å². The van der Waals surface area contributed by atoms with E-state index in [1.165, 1.54) is 23.1 Å². The van der Waals surface area contributed by atoms with Gasteiger partial charge in [-0.1, -0.05) is 0 Å². The molecule has 0 saturated carbocycles. The highest BCUT2D eigenvalue weighted by atomic mass is 16.4. The molecule has 1 rings (SSSR count). The standard InChI is InChI=1S/C10H13N3O3/c1-13(5-9(12)14)8-4-6(10(15)16)2-3-7(8)11/h2-4H,5,11H2,1H3,(H2,12,14)(H,15,16). The van der Waals surface area contributed by atoms with Gasteiger partial charge in [-0.2, -0.15) is 0 Å². The van der Waals surface area contributed by atoms with Gasteiger partial charge in [-0.15, -0.1) is 0 Å². The Bertz CT molecular complexity index is 431. The minimum Gasteiger partial charge on any atom is -0.478 e. The van der Waals surface area contributed by atoms with Crippen LogP contribution in [0.2, 0.25) is 0 Å². The zero-order chi connectivity index (χ0) is 12.3. The van der Waals surface area contributed by atoms with Crippen molar-refractivity contribution in [3.8, 4) is 0 Å². The number of anilines is 2. The molecule has 0 atom stereocenters. The number of likely N-dealkylation sites (N-methyl/N-ethyl adjacent to an activating group) is 1. The molecule has 0 bridgehead atoms. The third kappa shape index (κ3) is 2.63. The van der Waals surface area contributed by atoms with Gasteiger partial charge >= 0.3 is 5.97 Å². The number of carbonyl (C=O) groups is 2. The van der Waals surface area contributed by atoms with E-state index in [-0.39, 0.29) is 12.1 Å². The zero-order valence-electron chi connectivity index (χ0n) is 8.80. The van der Waals surface area contributed by atoms with Crippen LogP contribution in [0.3, 0.4) is 0 Å². The highest BCUT2D eigenvalue weighted by Gasteiger charge is 2.11. The number of benzene rings is 1. The lowest BCUT2D eigenvalue weighted by molar-refractivity contribution is -0.116. The van der Waals surface area contributed by atoms with Gasteiger partial charge < -0.3 is 21.5 Å². The molecule has 0 aromatic heterocycles. The van der Waals surface area contributed by atoms with Gasteiger partial charge in [0, 0.05) is 7.05 Å². The van der Waals surface area contributed by atoms with Crippen LogP contribution in [0.1, 0.15) is 10.4 Å². The summed E-state index contributed by atoms with van der Waals surface area (Å²) in [6, 6.07) is 4.29. The minimum atomic E-state index is -1.05. The third-order valence-corrected chi connectivity index (χ3v) is 2.08. The van der Waals surface area contributed by atoms with Crippen LogP contribution in [0.5, 0.6) is 0 Å². The fourth-order valence-corrected chi connectivity index (χ4v) is 1.33. The number of nitrogen functional groups attached to an aromatic ring is 1. The topological polar surface area (TPSA) is 110 Å². The van der Waals surface area contributed by atoms with Crippen molar-refractivity contribution in [1.29, 1.82) is 0 Å². The van der Waals surface area contributed by atoms with Crippen molar-refractivity contribution in [2.45, 2.75) is 0 Å². The van der Waals surface area contributed by atoms with Crippen molar-refractivity contribution in [2.75, 3.05) is 24.2 Å². The fourth-order valence-electron chi connectivity index (χ4n) is 1.33. The fraction of sp³-hybridized carbons (Fsp3) is 0.200. The van der Waals surface area contributed by atoms with Crippen LogP contribution in [-0.2, 0) is 4.79 Å². The summed E-state index contributed by atoms with van der Waals surface area (Å²) in [4.78, 5) is 23.0. The lowest BCUT2D eigenvalue weighted by atomic mass is 10.1. The quantitative estimate of drug-likeness (QED) is 0.617. The van der Waals surface area contributed by atoms with Crippen molar-refractivity contribution >= 4 is 23.3 Å². The normalized spacial score (nSPS) is 9.81. The van der Waals surface area contributed by atoms with Crippen molar-refractivity contribution in [2.24, 2.45) is 5.73 Å². The number of nitrogens with zero attached hydrogens (tertiary/aromatic N) is 1. The summed E-state index contributed by atoms with van der Waals surface area (Å²) in [6.45, 7) is -0.0206. The molecule has 6 nitrogen and oxygen atoms in total. The Morgan fingerprint density at radius 2 is 2.06 bits per heavy atom. The van der Waals surface area contributed by atoms with E-state index in [9.17, 15) is 9.59 Å². The SMILES string of the molecule is CN(CC(N)=O)c1cc(C(=O)O)ccc1N. The summed E-state index contributed by atoms with van der Waals surface area (Å²) < 4.78 is 0. The van der Waals surface area contributed by atoms with Crippen LogP contribution >= 0.6 is 0 Å². The molecule has 0 aliphatic carbocycles. The molecular formula is C10H13N3O3. The second-order valence-corrected chi connectivity index (χ2v) is 3.40. The van der Waals surface area contributed by atoms with Crippen LogP contribution in [-0.4, -0.2) is 30.6 Å². The van der Waals surface area contributed by atoms with Gasteiger partial charge in [-0.3, -0.25) is 4.79 Å². The van der Waals surface area contributed by atoms with E-state index in [0.717, 1.165) is 0 Å². The van der Waals surface area contributed by atoms with Gasteiger partial charge in [0.05, 0.1) is 23.5 Å². The summed E-state index contributed by atoms with van der Waals surface area (Å²) in [5.41, 5.74) is 11.7. The molecule has 0 heterocycles. The van der Waals surface area contributed by atoms with E-state index in [0.29, 0.717) is 11.4 Å². The van der Waals surface area contributed by atoms with Gasteiger partial charge in [0.15, 0.2) is 0 Å². The van der Waals surface area contributed by atoms with Crippen LogP contribution < -0.4 is 16.4 Å². The van der Waals surface area contributed by atoms with E-state index >= 15 is 0 Å². The highest BCUT2D eigenvalue weighted by Crippen LogP contribution is 2.23. The summed E-state index contributed by atoms with van der Waals surface area (Å²) in [7, 11) is 1.61. The predicted octanol–water partition coefficient (Wildman–Crippen LogP) is -0.111. The Morgan fingerprint density at radius 1 is 1.44 bits per heavy atom. The van der Waals surface area contributed by atoms with Crippen LogP contribution in [0.25, 0.3) is 0 Å². The average Bonchev–Trinajstić information content (AvgIpc) is 2.16. The van der Waals surface area contributed by atoms with E-state index in [4.69, 9.17) is 16.6 Å². The Hall–Kier alpha value is -2.24. The number of rotatable bonds is 4. The van der Waals surface area contributed by atoms with Crippen LogP contribution in [0, 0.1) is 0 Å². The number of hydrogen-bond donors (Lipinski definition) is 3. The number of aromatic carboxylic acids is 1. The van der Waals surface area contributed by atoms with Gasteiger partial charge in [-0.25, -0.2) is 4.79 Å². The molecule has 5 N–H and O–H groups in total. The van der Waals surface area contributed by atoms with Gasteiger partial charge in [0.1, 0.15) is 0 Å². The number of carboxylic acids is 1. The van der Waals surface area contributed by atoms with Crippen molar-refractivity contribution in [3.63, 3.8) is 0 Å². The minimum absolute atomic E-state index is 0.0206. The first kappa shape index (κ1) is 11.8. The third-order valence-electron chi connectivity index (χ3n) is 2.08. The monoisotopic (exact) mass is 223 g/mol. The van der Waals surface area contributed by atoms with Crippen molar-refractivity contribution in [1.82, 2.24) is 0 Å². The number of nitrogens with two attached hydrogens (primary N) is 2. The molecule has 1 amide bonds. The maximum Gasteiger partial charge on any atom is 0.335 e. The molecule has 0 aliphatic heterocycles. The van der Waals surface area contributed by atoms with Crippen LogP contribution in [0.15, 0.2) is 18.2 Å². The maximum absolute atomic E-state index is 10.8. The number of carboxylic acid groups (broad SMARTS) is 1. The summed E-state index contributed by atoms with van der Waals surface area (Å²) in [6.07, 6.45) is 0. The van der Waals surface area contributed by atoms with Gasteiger partial charge in [0.25, 0.3) is 0 Å². The van der Waals surface area contributed by atoms with E-state index in [1.54, 1.807) is 7.05 Å². The largest absolute Gasteiger partial charge is 0.478 e. The van der Waals surface area contributed by atoms with E-state index in [1.807, 2.05) is 0 Å². The molecule has 1 aromatic carbocycles. The van der Waals surface area contributed by atoms with Crippen molar-refractivity contribution < 1.29 is 14.7 Å². The number of amides is 1. The summed E-state index contributed by atoms with van der Waals surface area (Å²) >= 11 is 0. The zero-order valence-corrected chi connectivity index (χ0v) is 8.80. The smallest absolute Gasteiger partial charge is 0.335 e. The van der Waals surface area contributed by atoms with Crippen LogP contribution in [0.4, 0.5) is 11.4 Å². The second kappa shape index (κ2) is 4.52. The van der Waals surface area contributed by atoms with E-state index in [2.05, 4.69) is 0 Å². The molecule has 0 spiro atoms. The molecule has 0 saturated heterocycles. The highest BCUT2D eigenvalue weighted by molar-refractivity contribution is 5.91. The molecule has 6 heteroatoms. The molecule has 0 fully saturated rings. The second-order valence-electron chi connectivity index (χ2n) is 3.40. The van der Waals surface area contributed by atoms with Gasteiger partial charge in [0.2, 0.25) is 5.91 Å². The molecule has 0 unspecified atom stereocenters. The first-order valence-corrected chi connectivity index (χ1v) is 4.54. The Kier molecular flexibility index (Phi) is 3.34.